The zero-order valence-corrected chi connectivity index (χ0v) is 24.1. The molecular weight excluding hydrogens is 572 g/mol. The molecule has 10 nitrogen and oxygen atoms in total. The molecule has 2 N–H and O–H groups in total. The number of hydrogen-bond donors (Lipinski definition) is 2. The van der Waals surface area contributed by atoms with Crippen LogP contribution in [0.4, 0.5) is 13.6 Å². The van der Waals surface area contributed by atoms with E-state index in [2.05, 4.69) is 10.4 Å². The fraction of sp³-hybridized carbons (Fsp3) is 0.344. The van der Waals surface area contributed by atoms with Crippen LogP contribution in [0.15, 0.2) is 60.4 Å². The van der Waals surface area contributed by atoms with Gasteiger partial charge in [-0.25, -0.2) is 18.4 Å². The fourth-order valence-corrected chi connectivity index (χ4v) is 6.62. The van der Waals surface area contributed by atoms with Gasteiger partial charge in [0.05, 0.1) is 6.20 Å². The number of amides is 4. The highest BCUT2D eigenvalue weighted by atomic mass is 19.1. The Balaban J connectivity index is 1.24. The molecule has 3 aliphatic rings. The van der Waals surface area contributed by atoms with E-state index in [-0.39, 0.29) is 19.0 Å². The Morgan fingerprint density at radius 1 is 1.14 bits per heavy atom. The van der Waals surface area contributed by atoms with Crippen molar-refractivity contribution in [2.24, 2.45) is 7.05 Å². The summed E-state index contributed by atoms with van der Waals surface area (Å²) in [6.45, 7) is -0.394. The predicted molar refractivity (Wildman–Crippen MR) is 154 cm³/mol. The number of aliphatic carboxylic acids is 1. The number of halogens is 2. The van der Waals surface area contributed by atoms with E-state index in [9.17, 15) is 23.6 Å². The molecule has 4 amide bonds. The van der Waals surface area contributed by atoms with Crippen LogP contribution in [0.5, 0.6) is 0 Å². The summed E-state index contributed by atoms with van der Waals surface area (Å²) in [5.41, 5.74) is 2.04. The Kier molecular flexibility index (Phi) is 7.52. The van der Waals surface area contributed by atoms with Crippen LogP contribution in [0.2, 0.25) is 0 Å². The summed E-state index contributed by atoms with van der Waals surface area (Å²) >= 11 is 0. The van der Waals surface area contributed by atoms with Gasteiger partial charge >= 0.3 is 12.0 Å². The third-order valence-corrected chi connectivity index (χ3v) is 8.86. The number of fused-ring (bicyclic) bond motifs is 2. The molecule has 2 aliphatic carbocycles. The number of benzene rings is 2. The molecule has 1 saturated carbocycles. The third kappa shape index (κ3) is 5.36. The normalized spacial score (nSPS) is 21.0. The number of urea groups is 1. The Morgan fingerprint density at radius 3 is 2.52 bits per heavy atom. The molecule has 0 radical (unpaired) electrons. The van der Waals surface area contributed by atoms with Crippen LogP contribution in [0.3, 0.4) is 0 Å². The van der Waals surface area contributed by atoms with Gasteiger partial charge < -0.3 is 15.3 Å². The van der Waals surface area contributed by atoms with Gasteiger partial charge in [-0.1, -0.05) is 17.7 Å². The summed E-state index contributed by atoms with van der Waals surface area (Å²) in [5.74, 6) is -3.07. The Hall–Kier alpha value is -4.87. The van der Waals surface area contributed by atoms with Crippen LogP contribution in [0.25, 0.3) is 11.1 Å². The van der Waals surface area contributed by atoms with Crippen LogP contribution in [-0.4, -0.2) is 61.1 Å². The van der Waals surface area contributed by atoms with E-state index >= 15 is 4.39 Å². The molecule has 6 rings (SSSR count). The molecule has 2 aromatic carbocycles. The van der Waals surface area contributed by atoms with Gasteiger partial charge in [0.25, 0.3) is 5.91 Å². The van der Waals surface area contributed by atoms with Gasteiger partial charge in [0.1, 0.15) is 23.7 Å². The second-order valence-electron chi connectivity index (χ2n) is 11.6. The van der Waals surface area contributed by atoms with E-state index in [1.54, 1.807) is 47.2 Å². The van der Waals surface area contributed by atoms with Crippen molar-refractivity contribution in [1.82, 2.24) is 24.9 Å². The van der Waals surface area contributed by atoms with Crippen LogP contribution < -0.4 is 5.32 Å². The van der Waals surface area contributed by atoms with Gasteiger partial charge in [0.15, 0.2) is 0 Å². The Labute approximate surface area is 251 Å². The van der Waals surface area contributed by atoms with Crippen molar-refractivity contribution in [1.29, 1.82) is 0 Å². The van der Waals surface area contributed by atoms with Crippen molar-refractivity contribution >= 4 is 23.8 Å². The molecule has 1 saturated heterocycles. The molecule has 1 unspecified atom stereocenters. The predicted octanol–water partition coefficient (Wildman–Crippen LogP) is 4.04. The van der Waals surface area contributed by atoms with Crippen LogP contribution in [0, 0.1) is 11.6 Å². The quantitative estimate of drug-likeness (QED) is 0.310. The molecule has 1 atom stereocenters. The summed E-state index contributed by atoms with van der Waals surface area (Å²) in [5, 5.41) is 16.0. The lowest BCUT2D eigenvalue weighted by atomic mass is 9.89. The van der Waals surface area contributed by atoms with Gasteiger partial charge in [-0.05, 0) is 79.5 Å². The summed E-state index contributed by atoms with van der Waals surface area (Å²) in [6.07, 6.45) is 7.08. The summed E-state index contributed by atoms with van der Waals surface area (Å²) in [4.78, 5) is 54.5. The third-order valence-electron chi connectivity index (χ3n) is 8.86. The lowest BCUT2D eigenvalue weighted by molar-refractivity contribution is -0.141. The maximum Gasteiger partial charge on any atom is 0.328 e. The van der Waals surface area contributed by atoms with Gasteiger partial charge in [-0.15, -0.1) is 0 Å². The SMILES string of the molecule is Cn1cc(-c2cc3c(cc2F)C2(CC3)NC(=O)N(CC(=O)N(Cc3ccc(F)cc3)C3CCC(=CC(=O)O)CC3)C2=O)cn1. The maximum absolute atomic E-state index is 15.4. The van der Waals surface area contributed by atoms with Gasteiger partial charge in [-0.2, -0.15) is 5.10 Å². The molecule has 0 bridgehead atoms. The average molecular weight is 604 g/mol. The number of rotatable bonds is 7. The second kappa shape index (κ2) is 11.3. The number of aromatic nitrogens is 2. The second-order valence-corrected chi connectivity index (χ2v) is 11.6. The minimum atomic E-state index is -1.47. The van der Waals surface area contributed by atoms with E-state index in [4.69, 9.17) is 5.11 Å². The highest BCUT2D eigenvalue weighted by Gasteiger charge is 2.56. The van der Waals surface area contributed by atoms with E-state index in [1.165, 1.54) is 24.3 Å². The molecule has 1 spiro atoms. The number of carboxylic acid groups (broad SMARTS) is 1. The fourth-order valence-electron chi connectivity index (χ4n) is 6.62. The smallest absolute Gasteiger partial charge is 0.328 e. The Morgan fingerprint density at radius 2 is 1.86 bits per heavy atom. The Bertz CT molecular complexity index is 1690. The van der Waals surface area contributed by atoms with Crippen molar-refractivity contribution < 1.29 is 33.1 Å². The topological polar surface area (TPSA) is 125 Å². The zero-order chi connectivity index (χ0) is 31.2. The monoisotopic (exact) mass is 603 g/mol. The number of nitrogens with zero attached hydrogens (tertiary/aromatic N) is 4. The largest absolute Gasteiger partial charge is 0.478 e. The van der Waals surface area contributed by atoms with E-state index in [0.29, 0.717) is 54.4 Å². The summed E-state index contributed by atoms with van der Waals surface area (Å²) < 4.78 is 30.5. The van der Waals surface area contributed by atoms with Crippen molar-refractivity contribution in [2.45, 2.75) is 56.7 Å². The van der Waals surface area contributed by atoms with Crippen LogP contribution in [-0.2, 0) is 39.9 Å². The minimum absolute atomic E-state index is 0.127. The van der Waals surface area contributed by atoms with Crippen molar-refractivity contribution in [3.8, 4) is 11.1 Å². The molecule has 228 valence electrons. The molecule has 12 heteroatoms. The number of aryl methyl sites for hydroxylation is 2. The molecule has 1 aliphatic heterocycles. The van der Waals surface area contributed by atoms with Crippen LogP contribution in [0.1, 0.15) is 48.8 Å². The number of carboxylic acids is 1. The minimum Gasteiger partial charge on any atom is -0.478 e. The lowest BCUT2D eigenvalue weighted by Gasteiger charge is -2.36. The van der Waals surface area contributed by atoms with E-state index in [0.717, 1.165) is 16.0 Å². The number of imide groups is 1. The standard InChI is InChI=1S/C32H31F2N5O5/c1-37-17-22(15-35-37)25-13-21-10-11-32(26(21)14-27(25)34)30(43)39(31(44)36-32)18-28(40)38(16-20-2-6-23(33)7-3-20)24-8-4-19(5-9-24)12-29(41)42/h2-3,6-7,12-15,17,24H,4-5,8-11,16,18H2,1H3,(H,36,44)(H,41,42). The number of allylic oxidation sites excluding steroid dienone is 1. The number of carbonyl (C=O) groups excluding carboxylic acids is 3. The van der Waals surface area contributed by atoms with Gasteiger partial charge in [0, 0.05) is 43.0 Å². The number of carbonyl (C=O) groups is 4. The molecular formula is C32H31F2N5O5. The molecule has 1 aromatic heterocycles. The first kappa shape index (κ1) is 29.2. The van der Waals surface area contributed by atoms with Gasteiger partial charge in [-0.3, -0.25) is 19.2 Å². The van der Waals surface area contributed by atoms with E-state index in [1.807, 2.05) is 0 Å². The first-order chi connectivity index (χ1) is 21.0. The zero-order valence-electron chi connectivity index (χ0n) is 24.1. The van der Waals surface area contributed by atoms with Crippen molar-refractivity contribution in [2.75, 3.05) is 6.54 Å². The van der Waals surface area contributed by atoms with E-state index < -0.39 is 47.5 Å². The lowest BCUT2D eigenvalue weighted by Crippen LogP contribution is -2.48. The average Bonchev–Trinajstić information content (AvgIpc) is 3.64. The molecule has 44 heavy (non-hydrogen) atoms. The first-order valence-corrected chi connectivity index (χ1v) is 14.5. The van der Waals surface area contributed by atoms with Crippen molar-refractivity contribution in [3.05, 3.63) is 88.8 Å². The highest BCUT2D eigenvalue weighted by Crippen LogP contribution is 2.43. The summed E-state index contributed by atoms with van der Waals surface area (Å²) in [7, 11) is 1.73. The van der Waals surface area contributed by atoms with Gasteiger partial charge in [0.2, 0.25) is 5.91 Å². The molecule has 3 aromatic rings. The molecule has 2 fully saturated rings. The van der Waals surface area contributed by atoms with Crippen molar-refractivity contribution in [3.63, 3.8) is 0 Å². The maximum atomic E-state index is 15.4. The number of nitrogens with one attached hydrogen (secondary N) is 1. The van der Waals surface area contributed by atoms with Crippen LogP contribution >= 0.6 is 0 Å². The number of hydrogen-bond acceptors (Lipinski definition) is 5. The highest BCUT2D eigenvalue weighted by molar-refractivity contribution is 6.10. The molecule has 2 heterocycles. The first-order valence-electron chi connectivity index (χ1n) is 14.5. The summed E-state index contributed by atoms with van der Waals surface area (Å²) in [6, 6.07) is 7.70.